The maximum absolute atomic E-state index is 11.9. The number of para-hydroxylation sites is 2. The van der Waals surface area contributed by atoms with Gasteiger partial charge in [0.05, 0.1) is 15.2 Å². The van der Waals surface area contributed by atoms with Gasteiger partial charge in [0.25, 0.3) is 5.91 Å². The van der Waals surface area contributed by atoms with Gasteiger partial charge in [0.1, 0.15) is 0 Å². The van der Waals surface area contributed by atoms with Crippen LogP contribution in [0.3, 0.4) is 0 Å². The van der Waals surface area contributed by atoms with E-state index in [1.807, 2.05) is 48.7 Å². The molecule has 2 N–H and O–H groups in total. The average molecular weight is 422 g/mol. The largest absolute Gasteiger partial charge is 0.456 e. The molecule has 0 aliphatic heterocycles. The fourth-order valence-electron chi connectivity index (χ4n) is 3.36. The zero-order valence-electron chi connectivity index (χ0n) is 16.5. The van der Waals surface area contributed by atoms with Crippen molar-refractivity contribution in [1.29, 1.82) is 0 Å². The summed E-state index contributed by atoms with van der Waals surface area (Å²) in [4.78, 5) is 31.6. The van der Waals surface area contributed by atoms with Crippen molar-refractivity contribution in [3.63, 3.8) is 0 Å². The van der Waals surface area contributed by atoms with Gasteiger partial charge in [-0.2, -0.15) is 0 Å². The number of thiazole rings is 1. The molecule has 1 amide bonds. The fourth-order valence-corrected chi connectivity index (χ4v) is 4.36. The van der Waals surface area contributed by atoms with Crippen molar-refractivity contribution in [2.45, 2.75) is 25.7 Å². The molecule has 0 unspecified atom stereocenters. The number of fused-ring (bicyclic) bond motifs is 2. The molecule has 2 aromatic heterocycles. The van der Waals surface area contributed by atoms with Gasteiger partial charge < -0.3 is 15.0 Å². The molecule has 0 aliphatic rings. The summed E-state index contributed by atoms with van der Waals surface area (Å²) >= 11 is 1.65. The zero-order valence-corrected chi connectivity index (χ0v) is 17.3. The van der Waals surface area contributed by atoms with Crippen LogP contribution in [0.1, 0.15) is 23.4 Å². The van der Waals surface area contributed by atoms with Crippen LogP contribution in [0.25, 0.3) is 21.1 Å². The van der Waals surface area contributed by atoms with E-state index in [2.05, 4.69) is 21.4 Å². The molecule has 2 heterocycles. The highest BCUT2D eigenvalue weighted by atomic mass is 32.1. The van der Waals surface area contributed by atoms with Gasteiger partial charge in [-0.25, -0.2) is 4.98 Å². The summed E-state index contributed by atoms with van der Waals surface area (Å²) < 4.78 is 6.24. The fraction of sp³-hybridized carbons (Fsp3) is 0.261. The maximum atomic E-state index is 11.9. The van der Waals surface area contributed by atoms with Crippen LogP contribution in [0, 0.1) is 0 Å². The number of amides is 1. The molecule has 0 bridgehead atoms. The van der Waals surface area contributed by atoms with Crippen molar-refractivity contribution in [3.8, 4) is 0 Å². The number of nitrogens with one attached hydrogen (secondary N) is 2. The van der Waals surface area contributed by atoms with Crippen LogP contribution in [0.4, 0.5) is 0 Å². The van der Waals surface area contributed by atoms with E-state index in [-0.39, 0.29) is 24.9 Å². The number of esters is 1. The van der Waals surface area contributed by atoms with Gasteiger partial charge in [0.15, 0.2) is 6.61 Å². The summed E-state index contributed by atoms with van der Waals surface area (Å²) in [5, 5.41) is 4.97. The monoisotopic (exact) mass is 421 g/mol. The second-order valence-corrected chi connectivity index (χ2v) is 8.16. The molecule has 6 nitrogen and oxygen atoms in total. The van der Waals surface area contributed by atoms with E-state index in [1.165, 1.54) is 0 Å². The first-order valence-electron chi connectivity index (χ1n) is 10.0. The Morgan fingerprint density at radius 1 is 1.07 bits per heavy atom. The molecule has 0 atom stereocenters. The average Bonchev–Trinajstić information content (AvgIpc) is 3.36. The predicted octanol–water partition coefficient (Wildman–Crippen LogP) is 4.00. The number of H-pyrrole nitrogens is 1. The highest BCUT2D eigenvalue weighted by Crippen LogP contribution is 2.22. The van der Waals surface area contributed by atoms with E-state index in [9.17, 15) is 9.59 Å². The normalized spacial score (nSPS) is 11.1. The number of rotatable bonds is 9. The van der Waals surface area contributed by atoms with E-state index >= 15 is 0 Å². The van der Waals surface area contributed by atoms with Crippen LogP contribution in [-0.2, 0) is 27.2 Å². The van der Waals surface area contributed by atoms with Gasteiger partial charge in [0.2, 0.25) is 0 Å². The van der Waals surface area contributed by atoms with Gasteiger partial charge in [0, 0.05) is 30.1 Å². The number of ether oxygens (including phenoxy) is 1. The molecule has 0 aliphatic carbocycles. The molecule has 0 saturated heterocycles. The molecule has 0 saturated carbocycles. The van der Waals surface area contributed by atoms with Crippen LogP contribution in [0.5, 0.6) is 0 Å². The number of carbonyl (C=O) groups excluding carboxylic acids is 2. The molecule has 4 aromatic rings. The molecule has 30 heavy (non-hydrogen) atoms. The van der Waals surface area contributed by atoms with Crippen molar-refractivity contribution in [2.75, 3.05) is 13.2 Å². The summed E-state index contributed by atoms with van der Waals surface area (Å²) in [5.74, 6) is -0.641. The van der Waals surface area contributed by atoms with Crippen LogP contribution < -0.4 is 5.32 Å². The Morgan fingerprint density at radius 2 is 1.90 bits per heavy atom. The lowest BCUT2D eigenvalue weighted by Crippen LogP contribution is -2.30. The molecule has 7 heteroatoms. The number of hydrogen-bond acceptors (Lipinski definition) is 5. The number of aryl methyl sites for hydroxylation is 1. The van der Waals surface area contributed by atoms with Crippen LogP contribution in [0.2, 0.25) is 0 Å². The second kappa shape index (κ2) is 9.54. The summed E-state index contributed by atoms with van der Waals surface area (Å²) in [5.41, 5.74) is 3.22. The Morgan fingerprint density at radius 3 is 2.80 bits per heavy atom. The molecule has 0 fully saturated rings. The molecular weight excluding hydrogens is 398 g/mol. The third-order valence-corrected chi connectivity index (χ3v) is 5.96. The minimum atomic E-state index is -0.358. The first kappa shape index (κ1) is 20.1. The SMILES string of the molecule is O=C(COC(=O)CCCc1nc2ccccc2s1)NCCc1c[nH]c2ccccc12. The van der Waals surface area contributed by atoms with E-state index in [1.54, 1.807) is 11.3 Å². The predicted molar refractivity (Wildman–Crippen MR) is 119 cm³/mol. The number of hydrogen-bond donors (Lipinski definition) is 2. The van der Waals surface area contributed by atoms with Crippen molar-refractivity contribution < 1.29 is 14.3 Å². The Balaban J connectivity index is 1.13. The van der Waals surface area contributed by atoms with Gasteiger partial charge in [-0.1, -0.05) is 30.3 Å². The standard InChI is InChI=1S/C23H23N3O3S/c27-21(24-13-12-16-14-25-18-7-2-1-6-17(16)18)15-29-23(28)11-5-10-22-26-19-8-3-4-9-20(19)30-22/h1-4,6-9,14,25H,5,10-13,15H2,(H,24,27). The van der Waals surface area contributed by atoms with Crippen molar-refractivity contribution in [2.24, 2.45) is 0 Å². The Hall–Kier alpha value is -3.19. The van der Waals surface area contributed by atoms with Crippen molar-refractivity contribution in [3.05, 3.63) is 65.3 Å². The van der Waals surface area contributed by atoms with Crippen LogP contribution in [0.15, 0.2) is 54.7 Å². The smallest absolute Gasteiger partial charge is 0.306 e. The topological polar surface area (TPSA) is 84.1 Å². The van der Waals surface area contributed by atoms with Crippen molar-refractivity contribution >= 4 is 44.3 Å². The van der Waals surface area contributed by atoms with E-state index in [4.69, 9.17) is 4.74 Å². The molecule has 0 spiro atoms. The van der Waals surface area contributed by atoms with Gasteiger partial charge in [-0.05, 0) is 43.0 Å². The third-order valence-electron chi connectivity index (χ3n) is 4.87. The second-order valence-electron chi connectivity index (χ2n) is 7.05. The Kier molecular flexibility index (Phi) is 6.39. The van der Waals surface area contributed by atoms with E-state index < -0.39 is 0 Å². The number of carbonyl (C=O) groups is 2. The summed E-state index contributed by atoms with van der Waals surface area (Å²) in [6.45, 7) is 0.254. The molecule has 0 radical (unpaired) electrons. The van der Waals surface area contributed by atoms with Gasteiger partial charge in [-0.15, -0.1) is 11.3 Å². The molecule has 2 aromatic carbocycles. The maximum Gasteiger partial charge on any atom is 0.306 e. The van der Waals surface area contributed by atoms with Gasteiger partial charge in [-0.3, -0.25) is 9.59 Å². The minimum Gasteiger partial charge on any atom is -0.456 e. The lowest BCUT2D eigenvalue weighted by Gasteiger charge is -2.06. The molecular formula is C23H23N3O3S. The van der Waals surface area contributed by atoms with Crippen LogP contribution in [-0.4, -0.2) is 35.0 Å². The Bertz CT molecular complexity index is 1130. The first-order chi connectivity index (χ1) is 14.7. The highest BCUT2D eigenvalue weighted by Gasteiger charge is 2.10. The number of aromatic amines is 1. The van der Waals surface area contributed by atoms with E-state index in [0.717, 1.165) is 38.1 Å². The number of nitrogens with zero attached hydrogens (tertiary/aromatic N) is 1. The van der Waals surface area contributed by atoms with E-state index in [0.29, 0.717) is 19.4 Å². The molecule has 4 rings (SSSR count). The van der Waals surface area contributed by atoms with Crippen molar-refractivity contribution in [1.82, 2.24) is 15.3 Å². The lowest BCUT2D eigenvalue weighted by molar-refractivity contribution is -0.148. The first-order valence-corrected chi connectivity index (χ1v) is 10.8. The molecule has 154 valence electrons. The summed E-state index contributed by atoms with van der Waals surface area (Å²) in [6, 6.07) is 16.0. The minimum absolute atomic E-state index is 0.242. The van der Waals surface area contributed by atoms with Gasteiger partial charge >= 0.3 is 5.97 Å². The summed E-state index contributed by atoms with van der Waals surface area (Å²) in [6.07, 6.45) is 4.33. The number of aromatic nitrogens is 2. The highest BCUT2D eigenvalue weighted by molar-refractivity contribution is 7.18. The zero-order chi connectivity index (χ0) is 20.8. The third kappa shape index (κ3) is 5.04. The number of benzene rings is 2. The van der Waals surface area contributed by atoms with Crippen LogP contribution >= 0.6 is 11.3 Å². The summed E-state index contributed by atoms with van der Waals surface area (Å²) in [7, 11) is 0. The lowest BCUT2D eigenvalue weighted by atomic mass is 10.1. The quantitative estimate of drug-likeness (QED) is 0.400. The Labute approximate surface area is 178 Å².